The van der Waals surface area contributed by atoms with Crippen LogP contribution in [0.3, 0.4) is 0 Å². The van der Waals surface area contributed by atoms with Gasteiger partial charge in [-0.25, -0.2) is 0 Å². The molecule has 2 aliphatic rings. The summed E-state index contributed by atoms with van der Waals surface area (Å²) in [6, 6.07) is 29.8. The van der Waals surface area contributed by atoms with E-state index in [1.807, 2.05) is 0 Å². The second-order valence-electron chi connectivity index (χ2n) is 10.3. The fourth-order valence-electron chi connectivity index (χ4n) is 6.11. The zero-order valence-electron chi connectivity index (χ0n) is 19.0. The van der Waals surface area contributed by atoms with Gasteiger partial charge in [-0.15, -0.1) is 0 Å². The number of fused-ring (bicyclic) bond motifs is 6. The van der Waals surface area contributed by atoms with E-state index in [1.54, 1.807) is 0 Å². The molecule has 0 saturated carbocycles. The van der Waals surface area contributed by atoms with Gasteiger partial charge in [0.2, 0.25) is 0 Å². The molecule has 0 saturated heterocycles. The van der Waals surface area contributed by atoms with Gasteiger partial charge in [0, 0.05) is 10.8 Å². The molecule has 0 unspecified atom stereocenters. The maximum Gasteiger partial charge on any atom is 0.0165 e. The largest absolute Gasteiger partial charge is 0.0619 e. The summed E-state index contributed by atoms with van der Waals surface area (Å²) in [6.45, 7) is 11.7. The molecule has 0 radical (unpaired) electrons. The van der Waals surface area contributed by atoms with Crippen LogP contribution in [0.15, 0.2) is 78.9 Å². The van der Waals surface area contributed by atoms with E-state index in [9.17, 15) is 0 Å². The normalized spacial score (nSPS) is 16.4. The van der Waals surface area contributed by atoms with Gasteiger partial charge in [0.15, 0.2) is 0 Å². The van der Waals surface area contributed by atoms with Gasteiger partial charge in [0.1, 0.15) is 0 Å². The van der Waals surface area contributed by atoms with Gasteiger partial charge in [-0.05, 0) is 68.6 Å². The Kier molecular flexibility index (Phi) is 3.59. The Bertz CT molecular complexity index is 1380. The molecule has 0 spiro atoms. The van der Waals surface area contributed by atoms with Crippen molar-refractivity contribution < 1.29 is 0 Å². The second kappa shape index (κ2) is 5.98. The van der Waals surface area contributed by atoms with Gasteiger partial charge >= 0.3 is 0 Å². The van der Waals surface area contributed by atoms with Crippen molar-refractivity contribution in [3.8, 4) is 33.4 Å². The van der Waals surface area contributed by atoms with Crippen molar-refractivity contribution in [3.05, 3.63) is 107 Å². The summed E-state index contributed by atoms with van der Waals surface area (Å²) in [5.74, 6) is 0. The summed E-state index contributed by atoms with van der Waals surface area (Å²) < 4.78 is 0. The topological polar surface area (TPSA) is 0 Å². The third-order valence-corrected chi connectivity index (χ3v) is 7.72. The average molecular weight is 401 g/mol. The number of hydrogen-bond acceptors (Lipinski definition) is 0. The highest BCUT2D eigenvalue weighted by Gasteiger charge is 2.39. The standard InChI is InChI=1S/C31H28/c1-19-13-15-23-24-16-14-20(18-28(24)30(2,3)27(23)17-19)21-10-8-11-25-22-9-6-7-12-26(22)31(4,5)29(21)25/h6-18H,1-5H3. The lowest BCUT2D eigenvalue weighted by Crippen LogP contribution is -2.17. The first-order valence-electron chi connectivity index (χ1n) is 11.3. The highest BCUT2D eigenvalue weighted by molar-refractivity contribution is 5.90. The fourth-order valence-corrected chi connectivity index (χ4v) is 6.11. The summed E-state index contributed by atoms with van der Waals surface area (Å²) in [7, 11) is 0. The van der Waals surface area contributed by atoms with Gasteiger partial charge in [-0.3, -0.25) is 0 Å². The SMILES string of the molecule is Cc1ccc2c(c1)C(C)(C)c1cc(-c3cccc4c3C(C)(C)c3ccccc3-4)ccc1-2. The van der Waals surface area contributed by atoms with Crippen molar-refractivity contribution >= 4 is 0 Å². The van der Waals surface area contributed by atoms with E-state index in [0.717, 1.165) is 0 Å². The Morgan fingerprint density at radius 3 is 1.90 bits per heavy atom. The quantitative estimate of drug-likeness (QED) is 0.301. The van der Waals surface area contributed by atoms with E-state index in [4.69, 9.17) is 0 Å². The highest BCUT2D eigenvalue weighted by Crippen LogP contribution is 2.54. The van der Waals surface area contributed by atoms with E-state index in [2.05, 4.69) is 113 Å². The summed E-state index contributed by atoms with van der Waals surface area (Å²) in [4.78, 5) is 0. The predicted molar refractivity (Wildman–Crippen MR) is 132 cm³/mol. The maximum absolute atomic E-state index is 2.46. The van der Waals surface area contributed by atoms with Crippen LogP contribution in [0.1, 0.15) is 55.5 Å². The van der Waals surface area contributed by atoms with Crippen molar-refractivity contribution in [2.24, 2.45) is 0 Å². The summed E-state index contributed by atoms with van der Waals surface area (Å²) in [5.41, 5.74) is 15.4. The molecule has 4 aromatic carbocycles. The first-order chi connectivity index (χ1) is 14.8. The number of aryl methyl sites for hydroxylation is 1. The third-order valence-electron chi connectivity index (χ3n) is 7.72. The molecule has 0 aromatic heterocycles. The van der Waals surface area contributed by atoms with Crippen LogP contribution in [0.25, 0.3) is 33.4 Å². The molecule has 4 aromatic rings. The lowest BCUT2D eigenvalue weighted by molar-refractivity contribution is 0.658. The van der Waals surface area contributed by atoms with Crippen molar-refractivity contribution in [1.82, 2.24) is 0 Å². The maximum atomic E-state index is 2.46. The Hall–Kier alpha value is -3.12. The smallest absolute Gasteiger partial charge is 0.0165 e. The third kappa shape index (κ3) is 2.36. The van der Waals surface area contributed by atoms with E-state index in [1.165, 1.54) is 61.2 Å². The molecule has 0 atom stereocenters. The predicted octanol–water partition coefficient (Wildman–Crippen LogP) is 8.27. The molecule has 0 bridgehead atoms. The minimum absolute atomic E-state index is 0.00285. The summed E-state index contributed by atoms with van der Waals surface area (Å²) >= 11 is 0. The Labute approximate surface area is 185 Å². The number of rotatable bonds is 1. The lowest BCUT2D eigenvalue weighted by Gasteiger charge is -2.26. The molecule has 0 aliphatic heterocycles. The molecule has 0 amide bonds. The van der Waals surface area contributed by atoms with Crippen LogP contribution < -0.4 is 0 Å². The summed E-state index contributed by atoms with van der Waals surface area (Å²) in [5, 5.41) is 0. The van der Waals surface area contributed by atoms with Gasteiger partial charge < -0.3 is 0 Å². The second-order valence-corrected chi connectivity index (χ2v) is 10.3. The molecular formula is C31H28. The molecule has 2 aliphatic carbocycles. The minimum Gasteiger partial charge on any atom is -0.0619 e. The average Bonchev–Trinajstić information content (AvgIpc) is 3.13. The van der Waals surface area contributed by atoms with Crippen LogP contribution in [0.4, 0.5) is 0 Å². The van der Waals surface area contributed by atoms with Crippen molar-refractivity contribution in [3.63, 3.8) is 0 Å². The highest BCUT2D eigenvalue weighted by atomic mass is 14.4. The zero-order chi connectivity index (χ0) is 21.5. The molecule has 0 N–H and O–H groups in total. The van der Waals surface area contributed by atoms with Gasteiger partial charge in [0.25, 0.3) is 0 Å². The van der Waals surface area contributed by atoms with Crippen LogP contribution in [-0.2, 0) is 10.8 Å². The van der Waals surface area contributed by atoms with E-state index >= 15 is 0 Å². The fraction of sp³-hybridized carbons (Fsp3) is 0.226. The summed E-state index contributed by atoms with van der Waals surface area (Å²) in [6.07, 6.45) is 0. The van der Waals surface area contributed by atoms with E-state index in [0.29, 0.717) is 0 Å². The van der Waals surface area contributed by atoms with Crippen molar-refractivity contribution in [2.45, 2.75) is 45.4 Å². The molecule has 0 fully saturated rings. The van der Waals surface area contributed by atoms with Crippen LogP contribution in [-0.4, -0.2) is 0 Å². The van der Waals surface area contributed by atoms with Crippen molar-refractivity contribution in [1.29, 1.82) is 0 Å². The van der Waals surface area contributed by atoms with Gasteiger partial charge in [-0.1, -0.05) is 106 Å². The molecule has 6 rings (SSSR count). The van der Waals surface area contributed by atoms with Crippen LogP contribution in [0, 0.1) is 6.92 Å². The Balaban J connectivity index is 1.58. The molecular weight excluding hydrogens is 372 g/mol. The molecule has 152 valence electrons. The first kappa shape index (κ1) is 18.6. The zero-order valence-corrected chi connectivity index (χ0v) is 19.0. The van der Waals surface area contributed by atoms with E-state index < -0.39 is 0 Å². The Morgan fingerprint density at radius 2 is 1.10 bits per heavy atom. The number of benzene rings is 4. The minimum atomic E-state index is -0.00285. The van der Waals surface area contributed by atoms with E-state index in [-0.39, 0.29) is 10.8 Å². The van der Waals surface area contributed by atoms with Crippen LogP contribution in [0.5, 0.6) is 0 Å². The lowest BCUT2D eigenvalue weighted by atomic mass is 9.77. The molecule has 0 heterocycles. The number of hydrogen-bond donors (Lipinski definition) is 0. The molecule has 31 heavy (non-hydrogen) atoms. The molecule has 0 nitrogen and oxygen atoms in total. The van der Waals surface area contributed by atoms with Gasteiger partial charge in [-0.2, -0.15) is 0 Å². The molecule has 0 heteroatoms. The van der Waals surface area contributed by atoms with Crippen LogP contribution in [0.2, 0.25) is 0 Å². The van der Waals surface area contributed by atoms with Crippen LogP contribution >= 0.6 is 0 Å². The first-order valence-corrected chi connectivity index (χ1v) is 11.3. The Morgan fingerprint density at radius 1 is 0.484 bits per heavy atom. The van der Waals surface area contributed by atoms with Crippen molar-refractivity contribution in [2.75, 3.05) is 0 Å². The van der Waals surface area contributed by atoms with Gasteiger partial charge in [0.05, 0.1) is 0 Å². The monoisotopic (exact) mass is 400 g/mol.